The molecule has 1 unspecified atom stereocenters. The minimum Gasteiger partial charge on any atom is -0.354 e. The largest absolute Gasteiger partial charge is 0.418 e. The third kappa shape index (κ3) is 4.43. The molecule has 5 nitrogen and oxygen atoms in total. The number of hydrogen-bond donors (Lipinski definition) is 1. The average molecular weight is 392 g/mol. The molecule has 1 saturated heterocycles. The molecule has 28 heavy (non-hydrogen) atoms. The molecule has 0 spiro atoms. The maximum absolute atomic E-state index is 13.2. The predicted molar refractivity (Wildman–Crippen MR) is 101 cm³/mol. The second-order valence-corrected chi connectivity index (χ2v) is 6.91. The Morgan fingerprint density at radius 3 is 2.71 bits per heavy atom. The standard InChI is InChI=1S/C20H23F3N4O/c1-3-14-8-6-7-11-27(14)18-12-17(24-13(2)25-18)19(28)26-16-10-5-4-9-15(16)20(21,22)23/h4-5,9-10,12,14H,3,6-8,11H2,1-2H3,(H,26,28). The summed E-state index contributed by atoms with van der Waals surface area (Å²) in [5, 5.41) is 2.35. The number of halogens is 3. The minimum absolute atomic E-state index is 0.0555. The van der Waals surface area contributed by atoms with E-state index in [1.165, 1.54) is 18.2 Å². The van der Waals surface area contributed by atoms with Gasteiger partial charge < -0.3 is 10.2 Å². The van der Waals surface area contributed by atoms with Crippen molar-refractivity contribution in [3.63, 3.8) is 0 Å². The SMILES string of the molecule is CCC1CCCCN1c1cc(C(=O)Nc2ccccc2C(F)(F)F)nc(C)n1. The summed E-state index contributed by atoms with van der Waals surface area (Å²) in [6.07, 6.45) is -0.344. The van der Waals surface area contributed by atoms with Gasteiger partial charge >= 0.3 is 6.18 Å². The molecule has 2 aromatic rings. The van der Waals surface area contributed by atoms with Gasteiger partial charge in [0, 0.05) is 18.7 Å². The van der Waals surface area contributed by atoms with E-state index in [4.69, 9.17) is 0 Å². The summed E-state index contributed by atoms with van der Waals surface area (Å²) in [5.41, 5.74) is -1.13. The third-order valence-electron chi connectivity index (χ3n) is 4.93. The molecular formula is C20H23F3N4O. The number of nitrogens with zero attached hydrogens (tertiary/aromatic N) is 3. The number of carbonyl (C=O) groups excluding carboxylic acids is 1. The molecule has 150 valence electrons. The molecule has 0 aliphatic carbocycles. The van der Waals surface area contributed by atoms with Gasteiger partial charge in [-0.15, -0.1) is 0 Å². The number of carbonyl (C=O) groups is 1. The van der Waals surface area contributed by atoms with E-state index in [9.17, 15) is 18.0 Å². The number of nitrogens with one attached hydrogen (secondary N) is 1. The second-order valence-electron chi connectivity index (χ2n) is 6.91. The third-order valence-corrected chi connectivity index (χ3v) is 4.93. The summed E-state index contributed by atoms with van der Waals surface area (Å²) < 4.78 is 39.5. The maximum Gasteiger partial charge on any atom is 0.418 e. The van der Waals surface area contributed by atoms with Crippen LogP contribution in [-0.2, 0) is 6.18 Å². The molecule has 1 aromatic carbocycles. The zero-order valence-electron chi connectivity index (χ0n) is 15.9. The van der Waals surface area contributed by atoms with Gasteiger partial charge in [0.25, 0.3) is 5.91 Å². The Labute approximate surface area is 162 Å². The fraction of sp³-hybridized carbons (Fsp3) is 0.450. The Balaban J connectivity index is 1.88. The number of aryl methyl sites for hydroxylation is 1. The smallest absolute Gasteiger partial charge is 0.354 e. The van der Waals surface area contributed by atoms with Crippen molar-refractivity contribution in [2.45, 2.75) is 51.7 Å². The Morgan fingerprint density at radius 1 is 1.25 bits per heavy atom. The molecule has 1 aliphatic heterocycles. The fourth-order valence-electron chi connectivity index (χ4n) is 3.57. The first-order valence-electron chi connectivity index (χ1n) is 9.39. The zero-order valence-corrected chi connectivity index (χ0v) is 15.9. The summed E-state index contributed by atoms with van der Waals surface area (Å²) in [4.78, 5) is 23.4. The normalized spacial score (nSPS) is 17.5. The van der Waals surface area contributed by atoms with Crippen LogP contribution in [0.3, 0.4) is 0 Å². The van der Waals surface area contributed by atoms with Crippen LogP contribution in [-0.4, -0.2) is 28.5 Å². The van der Waals surface area contributed by atoms with Crippen molar-refractivity contribution in [3.05, 3.63) is 47.4 Å². The van der Waals surface area contributed by atoms with Gasteiger partial charge in [0.15, 0.2) is 0 Å². The fourth-order valence-corrected chi connectivity index (χ4v) is 3.57. The van der Waals surface area contributed by atoms with Gasteiger partial charge in [-0.3, -0.25) is 4.79 Å². The molecule has 2 heterocycles. The Bertz CT molecular complexity index is 854. The first kappa shape index (κ1) is 20.1. The highest BCUT2D eigenvalue weighted by Crippen LogP contribution is 2.34. The number of piperidine rings is 1. The number of anilines is 2. The van der Waals surface area contributed by atoms with Crippen molar-refractivity contribution >= 4 is 17.4 Å². The topological polar surface area (TPSA) is 58.1 Å². The van der Waals surface area contributed by atoms with Gasteiger partial charge in [0.1, 0.15) is 17.3 Å². The summed E-state index contributed by atoms with van der Waals surface area (Å²) in [7, 11) is 0. The lowest BCUT2D eigenvalue weighted by molar-refractivity contribution is -0.136. The summed E-state index contributed by atoms with van der Waals surface area (Å²) >= 11 is 0. The van der Waals surface area contributed by atoms with E-state index < -0.39 is 17.6 Å². The molecule has 3 rings (SSSR count). The average Bonchev–Trinajstić information content (AvgIpc) is 2.67. The Morgan fingerprint density at radius 2 is 2.00 bits per heavy atom. The monoisotopic (exact) mass is 392 g/mol. The molecule has 1 fully saturated rings. The lowest BCUT2D eigenvalue weighted by atomic mass is 10.00. The number of benzene rings is 1. The molecule has 8 heteroatoms. The van der Waals surface area contributed by atoms with Crippen LogP contribution >= 0.6 is 0 Å². The van der Waals surface area contributed by atoms with Crippen LogP contribution in [0, 0.1) is 6.92 Å². The molecule has 0 radical (unpaired) electrons. The predicted octanol–water partition coefficient (Wildman–Crippen LogP) is 4.83. The summed E-state index contributed by atoms with van der Waals surface area (Å²) in [6.45, 7) is 4.63. The van der Waals surface area contributed by atoms with Crippen LogP contribution in [0.1, 0.15) is 54.5 Å². The summed E-state index contributed by atoms with van der Waals surface area (Å²) in [5.74, 6) is 0.369. The molecule has 1 N–H and O–H groups in total. The quantitative estimate of drug-likeness (QED) is 0.810. The van der Waals surface area contributed by atoms with Gasteiger partial charge in [-0.05, 0) is 44.7 Å². The van der Waals surface area contributed by atoms with Gasteiger partial charge in [-0.1, -0.05) is 19.1 Å². The number of para-hydroxylation sites is 1. The maximum atomic E-state index is 13.2. The highest BCUT2D eigenvalue weighted by molar-refractivity contribution is 6.03. The lowest BCUT2D eigenvalue weighted by Gasteiger charge is -2.36. The van der Waals surface area contributed by atoms with E-state index in [1.54, 1.807) is 13.0 Å². The Hall–Kier alpha value is -2.64. The van der Waals surface area contributed by atoms with Gasteiger partial charge in [-0.25, -0.2) is 9.97 Å². The van der Waals surface area contributed by atoms with Gasteiger partial charge in [0.05, 0.1) is 11.3 Å². The van der Waals surface area contributed by atoms with Crippen LogP contribution in [0.2, 0.25) is 0 Å². The molecular weight excluding hydrogens is 369 g/mol. The van der Waals surface area contributed by atoms with Crippen molar-refractivity contribution in [2.24, 2.45) is 0 Å². The zero-order chi connectivity index (χ0) is 20.3. The number of rotatable bonds is 4. The highest BCUT2D eigenvalue weighted by Gasteiger charge is 2.33. The molecule has 1 amide bonds. The first-order chi connectivity index (χ1) is 13.3. The number of alkyl halides is 3. The van der Waals surface area contributed by atoms with Crippen molar-refractivity contribution in [2.75, 3.05) is 16.8 Å². The molecule has 1 atom stereocenters. The minimum atomic E-state index is -4.56. The van der Waals surface area contributed by atoms with E-state index in [0.717, 1.165) is 38.3 Å². The molecule has 1 aromatic heterocycles. The lowest BCUT2D eigenvalue weighted by Crippen LogP contribution is -2.40. The van der Waals surface area contributed by atoms with E-state index in [2.05, 4.69) is 27.1 Å². The van der Waals surface area contributed by atoms with Crippen molar-refractivity contribution in [1.82, 2.24) is 9.97 Å². The van der Waals surface area contributed by atoms with Gasteiger partial charge in [-0.2, -0.15) is 13.2 Å². The number of amides is 1. The van der Waals surface area contributed by atoms with E-state index >= 15 is 0 Å². The number of aromatic nitrogens is 2. The molecule has 0 bridgehead atoms. The van der Waals surface area contributed by atoms with E-state index in [1.807, 2.05) is 0 Å². The van der Waals surface area contributed by atoms with Crippen LogP contribution < -0.4 is 10.2 Å². The van der Waals surface area contributed by atoms with Crippen LogP contribution in [0.5, 0.6) is 0 Å². The molecule has 0 saturated carbocycles. The van der Waals surface area contributed by atoms with Crippen molar-refractivity contribution in [3.8, 4) is 0 Å². The summed E-state index contributed by atoms with van der Waals surface area (Å²) in [6, 6.07) is 6.80. The number of hydrogen-bond acceptors (Lipinski definition) is 4. The second kappa shape index (κ2) is 8.16. The van der Waals surface area contributed by atoms with Crippen LogP contribution in [0.4, 0.5) is 24.7 Å². The van der Waals surface area contributed by atoms with Crippen LogP contribution in [0.25, 0.3) is 0 Å². The first-order valence-corrected chi connectivity index (χ1v) is 9.39. The van der Waals surface area contributed by atoms with Crippen molar-refractivity contribution < 1.29 is 18.0 Å². The van der Waals surface area contributed by atoms with Crippen molar-refractivity contribution in [1.29, 1.82) is 0 Å². The van der Waals surface area contributed by atoms with E-state index in [0.29, 0.717) is 17.7 Å². The highest BCUT2D eigenvalue weighted by atomic mass is 19.4. The Kier molecular flexibility index (Phi) is 5.86. The van der Waals surface area contributed by atoms with Gasteiger partial charge in [0.2, 0.25) is 0 Å². The molecule has 1 aliphatic rings. The van der Waals surface area contributed by atoms with E-state index in [-0.39, 0.29) is 11.4 Å². The van der Waals surface area contributed by atoms with Crippen LogP contribution in [0.15, 0.2) is 30.3 Å².